The number of ether oxygens (including phenoxy) is 2. The number of hydrogen-bond donors (Lipinski definition) is 1. The van der Waals surface area contributed by atoms with Crippen LogP contribution in [0.15, 0.2) is 46.2 Å². The van der Waals surface area contributed by atoms with Crippen molar-refractivity contribution in [3.05, 3.63) is 63.1 Å². The maximum absolute atomic E-state index is 13.1. The van der Waals surface area contributed by atoms with Crippen LogP contribution in [0.3, 0.4) is 0 Å². The molecular formula is C20H25N5O5. The van der Waals surface area contributed by atoms with E-state index in [0.29, 0.717) is 19.8 Å². The van der Waals surface area contributed by atoms with Gasteiger partial charge in [-0.25, -0.2) is 14.3 Å². The topological polar surface area (TPSA) is 109 Å². The Morgan fingerprint density at radius 2 is 1.80 bits per heavy atom. The molecule has 3 aromatic rings. The number of carbonyl (C=O) groups is 1. The summed E-state index contributed by atoms with van der Waals surface area (Å²) in [4.78, 5) is 42.8. The summed E-state index contributed by atoms with van der Waals surface area (Å²) >= 11 is 0. The molecule has 160 valence electrons. The molecule has 3 rings (SSSR count). The zero-order valence-electron chi connectivity index (χ0n) is 17.0. The third-order valence-electron chi connectivity index (χ3n) is 4.63. The molecule has 0 saturated heterocycles. The Morgan fingerprint density at radius 3 is 2.50 bits per heavy atom. The third-order valence-corrected chi connectivity index (χ3v) is 4.63. The van der Waals surface area contributed by atoms with Gasteiger partial charge in [-0.15, -0.1) is 0 Å². The van der Waals surface area contributed by atoms with Gasteiger partial charge < -0.3 is 19.4 Å². The molecule has 1 aromatic carbocycles. The Morgan fingerprint density at radius 1 is 1.07 bits per heavy atom. The number of methoxy groups -OCH3 is 2. The minimum atomic E-state index is -0.588. The average molecular weight is 415 g/mol. The first-order valence-electron chi connectivity index (χ1n) is 9.53. The molecule has 0 aliphatic heterocycles. The van der Waals surface area contributed by atoms with Crippen LogP contribution in [-0.4, -0.2) is 58.6 Å². The molecule has 0 radical (unpaired) electrons. The minimum absolute atomic E-state index is 0.225. The van der Waals surface area contributed by atoms with Crippen LogP contribution in [0, 0.1) is 0 Å². The highest BCUT2D eigenvalue weighted by molar-refractivity contribution is 5.76. The van der Waals surface area contributed by atoms with Crippen LogP contribution in [0.1, 0.15) is 5.56 Å². The number of benzene rings is 1. The van der Waals surface area contributed by atoms with E-state index >= 15 is 0 Å². The van der Waals surface area contributed by atoms with Crippen LogP contribution in [0.2, 0.25) is 0 Å². The molecule has 0 aliphatic carbocycles. The minimum Gasteiger partial charge on any atom is -0.383 e. The van der Waals surface area contributed by atoms with Gasteiger partial charge >= 0.3 is 5.69 Å². The zero-order valence-corrected chi connectivity index (χ0v) is 17.0. The lowest BCUT2D eigenvalue weighted by molar-refractivity contribution is -0.121. The number of rotatable bonds is 10. The van der Waals surface area contributed by atoms with Crippen LogP contribution in [0.4, 0.5) is 0 Å². The van der Waals surface area contributed by atoms with E-state index in [4.69, 9.17) is 9.47 Å². The van der Waals surface area contributed by atoms with E-state index in [1.165, 1.54) is 18.0 Å². The van der Waals surface area contributed by atoms with Crippen molar-refractivity contribution in [3.8, 4) is 0 Å². The van der Waals surface area contributed by atoms with Crippen molar-refractivity contribution in [1.82, 2.24) is 24.0 Å². The second-order valence-corrected chi connectivity index (χ2v) is 6.69. The molecule has 30 heavy (non-hydrogen) atoms. The van der Waals surface area contributed by atoms with Gasteiger partial charge in [0.1, 0.15) is 6.54 Å². The molecule has 1 amide bonds. The van der Waals surface area contributed by atoms with Crippen molar-refractivity contribution in [3.63, 3.8) is 0 Å². The molecule has 1 N–H and O–H groups in total. The van der Waals surface area contributed by atoms with Crippen molar-refractivity contribution in [2.75, 3.05) is 34.0 Å². The summed E-state index contributed by atoms with van der Waals surface area (Å²) in [6, 6.07) is 9.38. The highest BCUT2D eigenvalue weighted by atomic mass is 16.5. The highest BCUT2D eigenvalue weighted by Crippen LogP contribution is 2.09. The van der Waals surface area contributed by atoms with Crippen molar-refractivity contribution >= 4 is 17.1 Å². The monoisotopic (exact) mass is 415 g/mol. The SMILES string of the molecule is COCCNC(=O)Cn1c(=O)c2c(ncn2CCOC)n(Cc2ccccc2)c1=O. The van der Waals surface area contributed by atoms with Gasteiger partial charge in [0.05, 0.1) is 26.1 Å². The Kier molecular flexibility index (Phi) is 7.15. The Hall–Kier alpha value is -3.24. The van der Waals surface area contributed by atoms with Gasteiger partial charge in [0.2, 0.25) is 5.91 Å². The number of hydrogen-bond acceptors (Lipinski definition) is 6. The molecule has 0 aliphatic rings. The zero-order chi connectivity index (χ0) is 21.5. The van der Waals surface area contributed by atoms with Gasteiger partial charge in [0, 0.05) is 27.3 Å². The van der Waals surface area contributed by atoms with Crippen LogP contribution >= 0.6 is 0 Å². The molecule has 10 heteroatoms. The summed E-state index contributed by atoms with van der Waals surface area (Å²) in [7, 11) is 3.08. The molecule has 0 atom stereocenters. The van der Waals surface area contributed by atoms with E-state index in [2.05, 4.69) is 10.3 Å². The van der Waals surface area contributed by atoms with Gasteiger partial charge in [-0.2, -0.15) is 0 Å². The number of carbonyl (C=O) groups excluding carboxylic acids is 1. The second kappa shape index (κ2) is 9.99. The lowest BCUT2D eigenvalue weighted by atomic mass is 10.2. The smallest absolute Gasteiger partial charge is 0.333 e. The summed E-state index contributed by atoms with van der Waals surface area (Å²) in [6.45, 7) is 1.23. The molecule has 0 spiro atoms. The third kappa shape index (κ3) is 4.66. The predicted molar refractivity (Wildman–Crippen MR) is 111 cm³/mol. The standard InChI is InChI=1S/C20H25N5O5/c1-29-10-8-21-16(26)13-25-19(27)17-18(22-14-23(17)9-11-30-2)24(20(25)28)12-15-6-4-3-5-7-15/h3-7,14H,8-13H2,1-2H3,(H,21,26). The summed E-state index contributed by atoms with van der Waals surface area (Å²) in [6.07, 6.45) is 1.51. The fourth-order valence-corrected chi connectivity index (χ4v) is 3.14. The second-order valence-electron chi connectivity index (χ2n) is 6.69. The molecule has 2 aromatic heterocycles. The first-order chi connectivity index (χ1) is 14.6. The van der Waals surface area contributed by atoms with Gasteiger partial charge in [-0.3, -0.25) is 14.2 Å². The normalized spacial score (nSPS) is 11.1. The van der Waals surface area contributed by atoms with E-state index in [9.17, 15) is 14.4 Å². The molecule has 0 saturated carbocycles. The first-order valence-corrected chi connectivity index (χ1v) is 9.53. The Bertz CT molecular complexity index is 1120. The number of amides is 1. The Balaban J connectivity index is 2.08. The molecule has 0 unspecified atom stereocenters. The lowest BCUT2D eigenvalue weighted by Crippen LogP contribution is -2.44. The summed E-state index contributed by atoms with van der Waals surface area (Å²) < 4.78 is 14.0. The van der Waals surface area contributed by atoms with E-state index < -0.39 is 17.2 Å². The molecule has 0 fully saturated rings. The quantitative estimate of drug-likeness (QED) is 0.460. The number of nitrogens with zero attached hydrogens (tertiary/aromatic N) is 4. The van der Waals surface area contributed by atoms with Crippen molar-refractivity contribution in [2.45, 2.75) is 19.6 Å². The summed E-state index contributed by atoms with van der Waals surface area (Å²) in [5.74, 6) is -0.445. The molecular weight excluding hydrogens is 390 g/mol. The maximum atomic E-state index is 13.1. The van der Waals surface area contributed by atoms with Crippen LogP contribution in [0.25, 0.3) is 11.2 Å². The molecule has 0 bridgehead atoms. The van der Waals surface area contributed by atoms with E-state index in [1.807, 2.05) is 30.3 Å². The lowest BCUT2D eigenvalue weighted by Gasteiger charge is -2.13. The van der Waals surface area contributed by atoms with Crippen molar-refractivity contribution in [2.24, 2.45) is 0 Å². The number of imidazole rings is 1. The number of aromatic nitrogens is 4. The van der Waals surface area contributed by atoms with Crippen molar-refractivity contribution < 1.29 is 14.3 Å². The highest BCUT2D eigenvalue weighted by Gasteiger charge is 2.19. The number of nitrogens with one attached hydrogen (secondary N) is 1. The predicted octanol–water partition coefficient (Wildman–Crippen LogP) is -0.183. The average Bonchev–Trinajstić information content (AvgIpc) is 3.17. The van der Waals surface area contributed by atoms with E-state index in [0.717, 1.165) is 10.1 Å². The van der Waals surface area contributed by atoms with Crippen LogP contribution in [0.5, 0.6) is 0 Å². The van der Waals surface area contributed by atoms with Crippen LogP contribution in [-0.2, 0) is 33.9 Å². The van der Waals surface area contributed by atoms with Crippen LogP contribution < -0.4 is 16.6 Å². The van der Waals surface area contributed by atoms with Gasteiger partial charge in [-0.05, 0) is 5.56 Å². The summed E-state index contributed by atoms with van der Waals surface area (Å²) in [5, 5.41) is 2.63. The van der Waals surface area contributed by atoms with E-state index in [-0.39, 0.29) is 30.8 Å². The Labute approximate surface area is 172 Å². The number of fused-ring (bicyclic) bond motifs is 1. The molecule has 10 nitrogen and oxygen atoms in total. The molecule has 2 heterocycles. The summed E-state index contributed by atoms with van der Waals surface area (Å²) in [5.41, 5.74) is 0.264. The van der Waals surface area contributed by atoms with E-state index in [1.54, 1.807) is 11.7 Å². The van der Waals surface area contributed by atoms with Gasteiger partial charge in [-0.1, -0.05) is 30.3 Å². The van der Waals surface area contributed by atoms with Gasteiger partial charge in [0.15, 0.2) is 11.2 Å². The van der Waals surface area contributed by atoms with Crippen molar-refractivity contribution in [1.29, 1.82) is 0 Å². The maximum Gasteiger partial charge on any atom is 0.333 e. The largest absolute Gasteiger partial charge is 0.383 e. The fraction of sp³-hybridized carbons (Fsp3) is 0.400. The fourth-order valence-electron chi connectivity index (χ4n) is 3.14. The van der Waals surface area contributed by atoms with Gasteiger partial charge in [0.25, 0.3) is 5.56 Å². The first kappa shape index (κ1) is 21.5.